The Balaban J connectivity index is 4.16. The average molecular weight is 194 g/mol. The van der Waals surface area contributed by atoms with Crippen molar-refractivity contribution >= 4 is 11.9 Å². The summed E-state index contributed by atoms with van der Waals surface area (Å²) in [4.78, 5) is 20.1. The summed E-state index contributed by atoms with van der Waals surface area (Å²) in [6.07, 6.45) is -3.99. The molecule has 7 nitrogen and oxygen atoms in total. The molecule has 1 atom stereocenters. The van der Waals surface area contributed by atoms with Crippen LogP contribution in [0.2, 0.25) is 0 Å². The number of carboxylic acid groups (broad SMARTS) is 2. The summed E-state index contributed by atoms with van der Waals surface area (Å²) >= 11 is 0. The standard InChI is InChI=1S/C6H10O7/c7-3(5(10)11)1-6(12,13)2-4(8)9/h3,7,12-13H,1-2H2,(H,8,9)(H,10,11). The van der Waals surface area contributed by atoms with E-state index in [0.717, 1.165) is 0 Å². The van der Waals surface area contributed by atoms with Gasteiger partial charge in [0.2, 0.25) is 0 Å². The minimum Gasteiger partial charge on any atom is -0.481 e. The first-order valence-corrected chi connectivity index (χ1v) is 3.32. The minimum atomic E-state index is -2.70. The molecule has 0 aliphatic rings. The Morgan fingerprint density at radius 2 is 1.69 bits per heavy atom. The van der Waals surface area contributed by atoms with Crippen molar-refractivity contribution < 1.29 is 35.1 Å². The van der Waals surface area contributed by atoms with Gasteiger partial charge in [-0.1, -0.05) is 0 Å². The molecule has 0 heterocycles. The fourth-order valence-corrected chi connectivity index (χ4v) is 0.711. The summed E-state index contributed by atoms with van der Waals surface area (Å²) in [5.41, 5.74) is 0. The molecule has 0 radical (unpaired) electrons. The molecule has 7 heteroatoms. The Morgan fingerprint density at radius 3 is 2.00 bits per heavy atom. The van der Waals surface area contributed by atoms with Gasteiger partial charge in [0.05, 0.1) is 6.42 Å². The normalized spacial score (nSPS) is 13.8. The van der Waals surface area contributed by atoms with Crippen molar-refractivity contribution in [2.24, 2.45) is 0 Å². The molecule has 5 N–H and O–H groups in total. The quantitative estimate of drug-likeness (QED) is 0.318. The molecule has 0 bridgehead atoms. The van der Waals surface area contributed by atoms with Crippen molar-refractivity contribution in [3.8, 4) is 0 Å². The molecule has 0 rings (SSSR count). The number of aliphatic hydroxyl groups is 3. The first-order valence-electron chi connectivity index (χ1n) is 3.32. The van der Waals surface area contributed by atoms with E-state index in [9.17, 15) is 9.59 Å². The van der Waals surface area contributed by atoms with E-state index >= 15 is 0 Å². The summed E-state index contributed by atoms with van der Waals surface area (Å²) in [6.45, 7) is 0. The van der Waals surface area contributed by atoms with E-state index in [1.165, 1.54) is 0 Å². The van der Waals surface area contributed by atoms with Gasteiger partial charge in [-0.2, -0.15) is 0 Å². The third-order valence-electron chi connectivity index (χ3n) is 1.24. The van der Waals surface area contributed by atoms with Crippen LogP contribution < -0.4 is 0 Å². The van der Waals surface area contributed by atoms with Gasteiger partial charge in [0.15, 0.2) is 11.9 Å². The van der Waals surface area contributed by atoms with Crippen LogP contribution in [-0.4, -0.2) is 49.4 Å². The highest BCUT2D eigenvalue weighted by atomic mass is 16.5. The molecule has 0 aromatic rings. The van der Waals surface area contributed by atoms with E-state index in [1.807, 2.05) is 0 Å². The van der Waals surface area contributed by atoms with Crippen LogP contribution in [-0.2, 0) is 9.59 Å². The van der Waals surface area contributed by atoms with Crippen molar-refractivity contribution in [2.75, 3.05) is 0 Å². The third-order valence-corrected chi connectivity index (χ3v) is 1.24. The molecule has 1 unspecified atom stereocenters. The van der Waals surface area contributed by atoms with Crippen LogP contribution in [0, 0.1) is 0 Å². The van der Waals surface area contributed by atoms with E-state index in [1.54, 1.807) is 0 Å². The highest BCUT2D eigenvalue weighted by Crippen LogP contribution is 2.13. The van der Waals surface area contributed by atoms with E-state index in [0.29, 0.717) is 0 Å². The second-order valence-corrected chi connectivity index (χ2v) is 2.61. The number of hydrogen-bond donors (Lipinski definition) is 5. The van der Waals surface area contributed by atoms with E-state index < -0.39 is 36.7 Å². The summed E-state index contributed by atoms with van der Waals surface area (Å²) in [5, 5.41) is 42.7. The first-order chi connectivity index (χ1) is 5.74. The second kappa shape index (κ2) is 4.17. The molecular formula is C6H10O7. The van der Waals surface area contributed by atoms with Crippen LogP contribution in [0.15, 0.2) is 0 Å². The maximum atomic E-state index is 10.0. The van der Waals surface area contributed by atoms with Gasteiger partial charge in [-0.3, -0.25) is 4.79 Å². The molecule has 0 aliphatic carbocycles. The second-order valence-electron chi connectivity index (χ2n) is 2.61. The topological polar surface area (TPSA) is 135 Å². The molecule has 0 aromatic carbocycles. The van der Waals surface area contributed by atoms with Crippen LogP contribution in [0.25, 0.3) is 0 Å². The average Bonchev–Trinajstić information content (AvgIpc) is 1.81. The Kier molecular flexibility index (Phi) is 3.79. The fraction of sp³-hybridized carbons (Fsp3) is 0.667. The summed E-state index contributed by atoms with van der Waals surface area (Å²) in [7, 11) is 0. The van der Waals surface area contributed by atoms with Gasteiger partial charge in [-0.05, 0) is 0 Å². The van der Waals surface area contributed by atoms with Gasteiger partial charge in [-0.15, -0.1) is 0 Å². The van der Waals surface area contributed by atoms with E-state index in [2.05, 4.69) is 0 Å². The predicted molar refractivity (Wildman–Crippen MR) is 37.7 cm³/mol. The highest BCUT2D eigenvalue weighted by molar-refractivity contribution is 5.72. The Hall–Kier alpha value is -1.18. The number of rotatable bonds is 5. The Bertz CT molecular complexity index is 209. The van der Waals surface area contributed by atoms with Crippen molar-refractivity contribution in [2.45, 2.75) is 24.7 Å². The summed E-state index contributed by atoms with van der Waals surface area (Å²) in [5.74, 6) is -5.84. The SMILES string of the molecule is O=C(O)CC(O)(O)CC(O)C(=O)O. The lowest BCUT2D eigenvalue weighted by atomic mass is 10.1. The lowest BCUT2D eigenvalue weighted by Gasteiger charge is -2.20. The number of aliphatic hydroxyl groups excluding tert-OH is 1. The van der Waals surface area contributed by atoms with Gasteiger partial charge < -0.3 is 25.5 Å². The predicted octanol–water partition coefficient (Wildman–Crippen LogP) is -2.02. The van der Waals surface area contributed by atoms with Crippen LogP contribution in [0.5, 0.6) is 0 Å². The molecule has 0 fully saturated rings. The lowest BCUT2D eigenvalue weighted by molar-refractivity contribution is -0.199. The number of carboxylic acids is 2. The number of aliphatic carboxylic acids is 2. The van der Waals surface area contributed by atoms with Gasteiger partial charge in [0.25, 0.3) is 0 Å². The maximum absolute atomic E-state index is 10.0. The third kappa shape index (κ3) is 5.12. The monoisotopic (exact) mass is 194 g/mol. The molecule has 76 valence electrons. The maximum Gasteiger partial charge on any atom is 0.332 e. The smallest absolute Gasteiger partial charge is 0.332 e. The number of hydrogen-bond acceptors (Lipinski definition) is 5. The van der Waals surface area contributed by atoms with Crippen LogP contribution in [0.3, 0.4) is 0 Å². The van der Waals surface area contributed by atoms with E-state index in [4.69, 9.17) is 25.5 Å². The van der Waals surface area contributed by atoms with Gasteiger partial charge >= 0.3 is 11.9 Å². The minimum absolute atomic E-state index is 0.950. The molecule has 0 aliphatic heterocycles. The molecular weight excluding hydrogens is 184 g/mol. The van der Waals surface area contributed by atoms with Gasteiger partial charge in [-0.25, -0.2) is 4.79 Å². The number of carbonyl (C=O) groups is 2. The summed E-state index contributed by atoms with van der Waals surface area (Å²) in [6, 6.07) is 0. The molecule has 0 saturated heterocycles. The lowest BCUT2D eigenvalue weighted by Crippen LogP contribution is -2.38. The zero-order chi connectivity index (χ0) is 10.6. The highest BCUT2D eigenvalue weighted by Gasteiger charge is 2.32. The largest absolute Gasteiger partial charge is 0.481 e. The van der Waals surface area contributed by atoms with Crippen molar-refractivity contribution in [1.29, 1.82) is 0 Å². The first kappa shape index (κ1) is 11.8. The van der Waals surface area contributed by atoms with Gasteiger partial charge in [0, 0.05) is 6.42 Å². The zero-order valence-corrected chi connectivity index (χ0v) is 6.54. The summed E-state index contributed by atoms with van der Waals surface area (Å²) < 4.78 is 0. The van der Waals surface area contributed by atoms with Crippen molar-refractivity contribution in [3.63, 3.8) is 0 Å². The van der Waals surface area contributed by atoms with Crippen molar-refractivity contribution in [1.82, 2.24) is 0 Å². The fourth-order valence-electron chi connectivity index (χ4n) is 0.711. The van der Waals surface area contributed by atoms with E-state index in [-0.39, 0.29) is 0 Å². The molecule has 0 amide bonds. The molecule has 0 spiro atoms. The van der Waals surface area contributed by atoms with Crippen LogP contribution in [0.1, 0.15) is 12.8 Å². The molecule has 0 saturated carbocycles. The zero-order valence-electron chi connectivity index (χ0n) is 6.54. The van der Waals surface area contributed by atoms with Crippen LogP contribution in [0.4, 0.5) is 0 Å². The molecule has 13 heavy (non-hydrogen) atoms. The van der Waals surface area contributed by atoms with Crippen LogP contribution >= 0.6 is 0 Å². The van der Waals surface area contributed by atoms with Crippen molar-refractivity contribution in [3.05, 3.63) is 0 Å². The molecule has 0 aromatic heterocycles. The Morgan fingerprint density at radius 1 is 1.23 bits per heavy atom. The van der Waals surface area contributed by atoms with Gasteiger partial charge in [0.1, 0.15) is 0 Å². The Labute approximate surface area is 72.9 Å².